The smallest absolute Gasteiger partial charge is 0.211 e. The fraction of sp³-hybridized carbons (Fsp3) is 0.393. The van der Waals surface area contributed by atoms with Crippen molar-refractivity contribution in [3.63, 3.8) is 0 Å². The second kappa shape index (κ2) is 10.4. The maximum absolute atomic E-state index is 11.8. The van der Waals surface area contributed by atoms with Gasteiger partial charge in [-0.05, 0) is 45.3 Å². The van der Waals surface area contributed by atoms with Gasteiger partial charge in [-0.3, -0.25) is 10.1 Å². The molecule has 2 aliphatic heterocycles. The van der Waals surface area contributed by atoms with Crippen LogP contribution in [-0.2, 0) is 16.6 Å². The lowest BCUT2D eigenvalue weighted by Gasteiger charge is -2.59. The Morgan fingerprint density at radius 3 is 2.46 bits per heavy atom. The molecule has 2 fully saturated rings. The first-order chi connectivity index (χ1) is 19.4. The van der Waals surface area contributed by atoms with Crippen molar-refractivity contribution in [2.45, 2.75) is 19.6 Å². The van der Waals surface area contributed by atoms with Gasteiger partial charge < -0.3 is 14.5 Å². The third kappa shape index (κ3) is 5.37. The maximum atomic E-state index is 11.8. The summed E-state index contributed by atoms with van der Waals surface area (Å²) in [5.74, 6) is 1.58. The Morgan fingerprint density at radius 1 is 1.10 bits per heavy atom. The van der Waals surface area contributed by atoms with E-state index in [0.29, 0.717) is 41.0 Å². The molecular formula is C28H31Cl2N7O3S. The molecule has 216 valence electrons. The van der Waals surface area contributed by atoms with Crippen LogP contribution < -0.4 is 9.64 Å². The van der Waals surface area contributed by atoms with Crippen LogP contribution in [0.1, 0.15) is 24.2 Å². The van der Waals surface area contributed by atoms with Crippen LogP contribution >= 0.6 is 23.2 Å². The van der Waals surface area contributed by atoms with Gasteiger partial charge in [-0.25, -0.2) is 17.7 Å². The lowest BCUT2D eigenvalue weighted by atomic mass is 9.74. The molecule has 1 aromatic carbocycles. The number of pyridine rings is 2. The van der Waals surface area contributed by atoms with Crippen molar-refractivity contribution in [3.05, 3.63) is 64.0 Å². The molecule has 6 rings (SSSR count). The predicted octanol–water partition coefficient (Wildman–Crippen LogP) is 4.61. The molecule has 4 aromatic rings. The van der Waals surface area contributed by atoms with E-state index in [1.807, 2.05) is 45.4 Å². The molecule has 3 aromatic heterocycles. The molecule has 13 heteroatoms. The van der Waals surface area contributed by atoms with Crippen molar-refractivity contribution >= 4 is 49.9 Å². The minimum Gasteiger partial charge on any atom is -0.486 e. The van der Waals surface area contributed by atoms with E-state index in [2.05, 4.69) is 31.0 Å². The number of aromatic amines is 1. The molecule has 1 spiro atoms. The Labute approximate surface area is 249 Å². The lowest BCUT2D eigenvalue weighted by Crippen LogP contribution is -2.73. The molecule has 1 N–H and O–H groups in total. The van der Waals surface area contributed by atoms with E-state index in [1.54, 1.807) is 16.7 Å². The number of hydrogen-bond acceptors (Lipinski definition) is 8. The number of rotatable bonds is 8. The third-order valence-electron chi connectivity index (χ3n) is 7.69. The number of nitrogens with one attached hydrogen (secondary N) is 1. The van der Waals surface area contributed by atoms with Gasteiger partial charge in [-0.15, -0.1) is 0 Å². The van der Waals surface area contributed by atoms with Crippen molar-refractivity contribution in [2.75, 3.05) is 51.4 Å². The summed E-state index contributed by atoms with van der Waals surface area (Å²) in [7, 11) is 0.919. The van der Waals surface area contributed by atoms with Gasteiger partial charge in [0.1, 0.15) is 23.4 Å². The number of hydrogen-bond donors (Lipinski definition) is 1. The van der Waals surface area contributed by atoms with Crippen LogP contribution in [0, 0.1) is 5.41 Å². The normalized spacial score (nSPS) is 17.6. The summed E-state index contributed by atoms with van der Waals surface area (Å²) in [5, 5.41) is 9.55. The van der Waals surface area contributed by atoms with Crippen LogP contribution in [0.2, 0.25) is 10.0 Å². The topological polar surface area (TPSA) is 108 Å². The minimum absolute atomic E-state index is 0.0233. The summed E-state index contributed by atoms with van der Waals surface area (Å²) in [6, 6.07) is 7.91. The van der Waals surface area contributed by atoms with Gasteiger partial charge in [0.25, 0.3) is 0 Å². The highest BCUT2D eigenvalue weighted by Gasteiger charge is 2.54. The third-order valence-corrected chi connectivity index (χ3v) is 9.49. The maximum Gasteiger partial charge on any atom is 0.211 e. The number of aromatic nitrogens is 4. The Balaban J connectivity index is 1.26. The van der Waals surface area contributed by atoms with Gasteiger partial charge in [0, 0.05) is 78.8 Å². The Kier molecular flexibility index (Phi) is 7.14. The van der Waals surface area contributed by atoms with E-state index >= 15 is 0 Å². The summed E-state index contributed by atoms with van der Waals surface area (Å²) in [6.07, 6.45) is 5.84. The SMILES string of the molecule is C[C@@H](Oc1ccc2[nH]nc(-c3cnc(N4CC5(C4)CN(S(C)(=O)=O)C5)c(CN(C)C)c3)c2c1)c1c(Cl)cncc1Cl. The highest BCUT2D eigenvalue weighted by molar-refractivity contribution is 7.88. The van der Waals surface area contributed by atoms with Crippen LogP contribution in [0.25, 0.3) is 22.2 Å². The number of ether oxygens (including phenoxy) is 1. The van der Waals surface area contributed by atoms with Crippen molar-refractivity contribution in [3.8, 4) is 17.0 Å². The van der Waals surface area contributed by atoms with E-state index in [0.717, 1.165) is 46.6 Å². The molecule has 0 radical (unpaired) electrons. The first-order valence-corrected chi connectivity index (χ1v) is 15.8. The molecule has 1 atom stereocenters. The molecule has 0 aliphatic carbocycles. The highest BCUT2D eigenvalue weighted by Crippen LogP contribution is 2.44. The van der Waals surface area contributed by atoms with Crippen LogP contribution in [0.3, 0.4) is 0 Å². The van der Waals surface area contributed by atoms with E-state index in [-0.39, 0.29) is 5.41 Å². The molecule has 41 heavy (non-hydrogen) atoms. The van der Waals surface area contributed by atoms with Crippen LogP contribution in [0.15, 0.2) is 42.9 Å². The van der Waals surface area contributed by atoms with E-state index < -0.39 is 16.1 Å². The summed E-state index contributed by atoms with van der Waals surface area (Å²) in [6.45, 7) is 5.34. The van der Waals surface area contributed by atoms with Crippen molar-refractivity contribution < 1.29 is 13.2 Å². The fourth-order valence-electron chi connectivity index (χ4n) is 5.78. The average Bonchev–Trinajstić information content (AvgIpc) is 3.25. The number of sulfonamides is 1. The van der Waals surface area contributed by atoms with Crippen molar-refractivity contribution in [1.29, 1.82) is 0 Å². The van der Waals surface area contributed by atoms with Gasteiger partial charge in [0.05, 0.1) is 21.8 Å². The molecule has 0 bridgehead atoms. The van der Waals surface area contributed by atoms with E-state index in [4.69, 9.17) is 32.9 Å². The van der Waals surface area contributed by atoms with Crippen LogP contribution in [0.5, 0.6) is 5.75 Å². The van der Waals surface area contributed by atoms with E-state index in [1.165, 1.54) is 6.26 Å². The second-order valence-electron chi connectivity index (χ2n) is 11.4. The standard InChI is InChI=1S/C28H31Cl2N7O3S/c1-17(25-22(29)10-31-11-23(25)30)40-20-5-6-24-21(8-20)26(34-33-24)18-7-19(12-35(2)3)27(32-9-18)36-13-28(14-36)15-37(16-28)41(4,38)39/h5-11,17H,12-16H2,1-4H3,(H,33,34)/t17-/m1/s1. The van der Waals surface area contributed by atoms with Gasteiger partial charge in [-0.2, -0.15) is 5.10 Å². The number of halogens is 2. The molecular weight excluding hydrogens is 585 g/mol. The van der Waals surface area contributed by atoms with Crippen molar-refractivity contribution in [1.82, 2.24) is 29.4 Å². The molecule has 2 saturated heterocycles. The minimum atomic E-state index is -3.14. The zero-order chi connectivity index (χ0) is 29.1. The summed E-state index contributed by atoms with van der Waals surface area (Å²) in [4.78, 5) is 13.3. The Morgan fingerprint density at radius 2 is 1.80 bits per heavy atom. The average molecular weight is 617 g/mol. The molecule has 0 saturated carbocycles. The summed E-state index contributed by atoms with van der Waals surface area (Å²) >= 11 is 12.7. The summed E-state index contributed by atoms with van der Waals surface area (Å²) < 4.78 is 31.5. The highest BCUT2D eigenvalue weighted by atomic mass is 35.5. The zero-order valence-corrected chi connectivity index (χ0v) is 25.6. The quantitative estimate of drug-likeness (QED) is 0.306. The second-order valence-corrected chi connectivity index (χ2v) is 14.2. The number of nitrogens with zero attached hydrogens (tertiary/aromatic N) is 6. The first-order valence-electron chi connectivity index (χ1n) is 13.2. The lowest BCUT2D eigenvalue weighted by molar-refractivity contribution is 0.0393. The van der Waals surface area contributed by atoms with E-state index in [9.17, 15) is 8.42 Å². The van der Waals surface area contributed by atoms with Gasteiger partial charge in [0.2, 0.25) is 10.0 Å². The Bertz CT molecular complexity index is 1710. The molecule has 5 heterocycles. The van der Waals surface area contributed by atoms with Crippen LogP contribution in [0.4, 0.5) is 5.82 Å². The van der Waals surface area contributed by atoms with Gasteiger partial charge in [0.15, 0.2) is 0 Å². The monoisotopic (exact) mass is 615 g/mol. The first kappa shape index (κ1) is 28.2. The fourth-order valence-corrected chi connectivity index (χ4v) is 7.47. The number of anilines is 1. The van der Waals surface area contributed by atoms with Gasteiger partial charge >= 0.3 is 0 Å². The van der Waals surface area contributed by atoms with Crippen molar-refractivity contribution in [2.24, 2.45) is 5.41 Å². The molecule has 2 aliphatic rings. The number of benzene rings is 1. The zero-order valence-electron chi connectivity index (χ0n) is 23.2. The largest absolute Gasteiger partial charge is 0.486 e. The molecule has 0 amide bonds. The molecule has 10 nitrogen and oxygen atoms in total. The molecule has 0 unspecified atom stereocenters. The number of H-pyrrole nitrogens is 1. The number of fused-ring (bicyclic) bond motifs is 1. The van der Waals surface area contributed by atoms with Crippen LogP contribution in [-0.4, -0.2) is 84.3 Å². The Hall–Kier alpha value is -2.96. The predicted molar refractivity (Wildman–Crippen MR) is 161 cm³/mol. The summed E-state index contributed by atoms with van der Waals surface area (Å²) in [5.41, 5.74) is 4.34. The van der Waals surface area contributed by atoms with Gasteiger partial charge in [-0.1, -0.05) is 23.2 Å².